The first-order chi connectivity index (χ1) is 14.1. The molecule has 0 atom stereocenters. The van der Waals surface area contributed by atoms with Crippen molar-refractivity contribution in [3.8, 4) is 17.0 Å². The maximum atomic E-state index is 13.8. The smallest absolute Gasteiger partial charge is 0.254 e. The number of carbonyl (C=O) groups is 1. The normalized spacial score (nSPS) is 14.6. The second-order valence-corrected chi connectivity index (χ2v) is 7.08. The molecule has 0 bridgehead atoms. The fraction of sp³-hybridized carbons (Fsp3) is 0.273. The molecule has 1 aromatic heterocycles. The van der Waals surface area contributed by atoms with E-state index in [0.717, 1.165) is 48.8 Å². The molecule has 7 heteroatoms. The molecule has 2 heterocycles. The topological polar surface area (TPSA) is 70.2 Å². The molecule has 1 fully saturated rings. The van der Waals surface area contributed by atoms with Crippen LogP contribution in [0.1, 0.15) is 23.2 Å². The average Bonchev–Trinajstić information content (AvgIpc) is 3.25. The van der Waals surface area contributed by atoms with Gasteiger partial charge >= 0.3 is 0 Å². The van der Waals surface area contributed by atoms with Gasteiger partial charge in [0, 0.05) is 25.2 Å². The van der Waals surface area contributed by atoms with E-state index in [1.165, 1.54) is 12.1 Å². The molecule has 3 aromatic rings. The summed E-state index contributed by atoms with van der Waals surface area (Å²) in [5.74, 6) is 0.843. The zero-order valence-corrected chi connectivity index (χ0v) is 16.2. The molecule has 0 saturated carbocycles. The van der Waals surface area contributed by atoms with E-state index in [4.69, 9.17) is 4.74 Å². The van der Waals surface area contributed by atoms with Gasteiger partial charge in [0.1, 0.15) is 11.6 Å². The number of anilines is 1. The molecule has 29 heavy (non-hydrogen) atoms. The van der Waals surface area contributed by atoms with Crippen molar-refractivity contribution >= 4 is 11.7 Å². The predicted molar refractivity (Wildman–Crippen MR) is 110 cm³/mol. The van der Waals surface area contributed by atoms with Crippen LogP contribution in [0.4, 0.5) is 10.2 Å². The number of ether oxygens (including phenoxy) is 1. The number of amides is 1. The summed E-state index contributed by atoms with van der Waals surface area (Å²) in [6, 6.07) is 15.9. The van der Waals surface area contributed by atoms with E-state index in [2.05, 4.69) is 20.4 Å². The highest BCUT2D eigenvalue weighted by atomic mass is 19.1. The number of halogens is 1. The van der Waals surface area contributed by atoms with E-state index < -0.39 is 5.82 Å². The number of aromatic nitrogens is 2. The van der Waals surface area contributed by atoms with Gasteiger partial charge in [0.25, 0.3) is 5.91 Å². The summed E-state index contributed by atoms with van der Waals surface area (Å²) in [5, 5.41) is 10.5. The van der Waals surface area contributed by atoms with Gasteiger partial charge in [-0.3, -0.25) is 9.89 Å². The molecule has 2 N–H and O–H groups in total. The number of hydrogen-bond donors (Lipinski definition) is 2. The minimum atomic E-state index is -0.495. The van der Waals surface area contributed by atoms with Crippen molar-refractivity contribution < 1.29 is 13.9 Å². The number of aromatic amines is 1. The van der Waals surface area contributed by atoms with Gasteiger partial charge in [-0.15, -0.1) is 0 Å². The summed E-state index contributed by atoms with van der Waals surface area (Å²) in [7, 11) is 1.64. The van der Waals surface area contributed by atoms with E-state index in [1.54, 1.807) is 19.2 Å². The lowest BCUT2D eigenvalue weighted by Gasteiger charge is -2.32. The summed E-state index contributed by atoms with van der Waals surface area (Å²) in [6.45, 7) is 1.55. The van der Waals surface area contributed by atoms with Crippen LogP contribution in [0.15, 0.2) is 54.6 Å². The van der Waals surface area contributed by atoms with Gasteiger partial charge in [0.15, 0.2) is 5.82 Å². The quantitative estimate of drug-likeness (QED) is 0.693. The van der Waals surface area contributed by atoms with Gasteiger partial charge in [-0.25, -0.2) is 4.39 Å². The van der Waals surface area contributed by atoms with Crippen LogP contribution >= 0.6 is 0 Å². The van der Waals surface area contributed by atoms with Gasteiger partial charge in [-0.2, -0.15) is 5.10 Å². The number of methoxy groups -OCH3 is 1. The number of rotatable bonds is 5. The monoisotopic (exact) mass is 394 g/mol. The molecule has 4 rings (SSSR count). The lowest BCUT2D eigenvalue weighted by Crippen LogP contribution is -2.45. The molecule has 1 aliphatic rings. The molecule has 150 valence electrons. The summed E-state index contributed by atoms with van der Waals surface area (Å²) >= 11 is 0. The summed E-state index contributed by atoms with van der Waals surface area (Å²) in [6.07, 6.45) is 1.57. The van der Waals surface area contributed by atoms with E-state index in [1.807, 2.05) is 30.3 Å². The van der Waals surface area contributed by atoms with Crippen LogP contribution in [0.25, 0.3) is 11.3 Å². The van der Waals surface area contributed by atoms with Gasteiger partial charge in [0.2, 0.25) is 0 Å². The standard InChI is InChI=1S/C22H23FN4O2/c1-29-17-8-6-15(7-9-17)20-14-21(26-25-20)27-12-10-16(11-13-27)24-22(28)18-4-2-3-5-19(18)23/h2-9,14,16H,10-13H2,1H3,(H,24,28)(H,25,26). The molecule has 6 nitrogen and oxygen atoms in total. The number of benzene rings is 2. The molecule has 1 aliphatic heterocycles. The van der Waals surface area contributed by atoms with Crippen molar-refractivity contribution in [2.24, 2.45) is 0 Å². The van der Waals surface area contributed by atoms with E-state index in [-0.39, 0.29) is 17.5 Å². The Morgan fingerprint density at radius 1 is 1.17 bits per heavy atom. The first kappa shape index (κ1) is 19.0. The Bertz CT molecular complexity index is 978. The lowest BCUT2D eigenvalue weighted by molar-refractivity contribution is 0.0927. The Hall–Kier alpha value is -3.35. The Balaban J connectivity index is 1.34. The summed E-state index contributed by atoms with van der Waals surface area (Å²) < 4.78 is 19.0. The number of H-pyrrole nitrogens is 1. The highest BCUT2D eigenvalue weighted by molar-refractivity contribution is 5.94. The molecule has 2 aromatic carbocycles. The first-order valence-electron chi connectivity index (χ1n) is 9.64. The largest absolute Gasteiger partial charge is 0.497 e. The maximum Gasteiger partial charge on any atom is 0.254 e. The molecule has 0 spiro atoms. The van der Waals surface area contributed by atoms with Crippen molar-refractivity contribution in [3.05, 3.63) is 66.0 Å². The third kappa shape index (κ3) is 4.23. The van der Waals surface area contributed by atoms with Crippen LogP contribution in [-0.2, 0) is 0 Å². The SMILES string of the molecule is COc1ccc(-c2cc(N3CCC(NC(=O)c4ccccc4F)CC3)n[nH]2)cc1. The van der Waals surface area contributed by atoms with Gasteiger partial charge in [-0.05, 0) is 54.8 Å². The molecule has 0 unspecified atom stereocenters. The zero-order valence-electron chi connectivity index (χ0n) is 16.2. The third-order valence-corrected chi connectivity index (χ3v) is 5.24. The number of piperidine rings is 1. The van der Waals surface area contributed by atoms with Gasteiger partial charge in [0.05, 0.1) is 18.4 Å². The highest BCUT2D eigenvalue weighted by Gasteiger charge is 2.23. The number of hydrogen-bond acceptors (Lipinski definition) is 4. The molecule has 1 saturated heterocycles. The fourth-order valence-electron chi connectivity index (χ4n) is 3.55. The van der Waals surface area contributed by atoms with Crippen LogP contribution in [0.2, 0.25) is 0 Å². The van der Waals surface area contributed by atoms with E-state index in [9.17, 15) is 9.18 Å². The Morgan fingerprint density at radius 3 is 2.59 bits per heavy atom. The highest BCUT2D eigenvalue weighted by Crippen LogP contribution is 2.25. The summed E-state index contributed by atoms with van der Waals surface area (Å²) in [5.41, 5.74) is 2.07. The number of carbonyl (C=O) groups excluding carboxylic acids is 1. The van der Waals surface area contributed by atoms with Crippen LogP contribution in [-0.4, -0.2) is 42.3 Å². The van der Waals surface area contributed by atoms with Crippen molar-refractivity contribution in [1.29, 1.82) is 0 Å². The van der Waals surface area contributed by atoms with Gasteiger partial charge in [-0.1, -0.05) is 12.1 Å². The first-order valence-corrected chi connectivity index (χ1v) is 9.64. The van der Waals surface area contributed by atoms with Crippen LogP contribution in [0, 0.1) is 5.82 Å². The predicted octanol–water partition coefficient (Wildman–Crippen LogP) is 3.62. The minimum absolute atomic E-state index is 0.0263. The molecule has 1 amide bonds. The van der Waals surface area contributed by atoms with Crippen LogP contribution < -0.4 is 15.0 Å². The molecular weight excluding hydrogens is 371 g/mol. The summed E-state index contributed by atoms with van der Waals surface area (Å²) in [4.78, 5) is 14.5. The number of nitrogens with zero attached hydrogens (tertiary/aromatic N) is 2. The second-order valence-electron chi connectivity index (χ2n) is 7.08. The number of nitrogens with one attached hydrogen (secondary N) is 2. The molecule has 0 aliphatic carbocycles. The maximum absolute atomic E-state index is 13.8. The van der Waals surface area contributed by atoms with Crippen molar-refractivity contribution in [2.45, 2.75) is 18.9 Å². The van der Waals surface area contributed by atoms with Crippen LogP contribution in [0.5, 0.6) is 5.75 Å². The Labute approximate surface area is 168 Å². The lowest BCUT2D eigenvalue weighted by atomic mass is 10.0. The van der Waals surface area contributed by atoms with Crippen molar-refractivity contribution in [3.63, 3.8) is 0 Å². The van der Waals surface area contributed by atoms with Gasteiger partial charge < -0.3 is 15.0 Å². The zero-order chi connectivity index (χ0) is 20.2. The van der Waals surface area contributed by atoms with Crippen molar-refractivity contribution in [2.75, 3.05) is 25.1 Å². The third-order valence-electron chi connectivity index (χ3n) is 5.24. The Morgan fingerprint density at radius 2 is 1.90 bits per heavy atom. The van der Waals surface area contributed by atoms with E-state index in [0.29, 0.717) is 0 Å². The van der Waals surface area contributed by atoms with Crippen LogP contribution in [0.3, 0.4) is 0 Å². The minimum Gasteiger partial charge on any atom is -0.497 e. The van der Waals surface area contributed by atoms with E-state index >= 15 is 0 Å². The average molecular weight is 394 g/mol. The molecular formula is C22H23FN4O2. The fourth-order valence-corrected chi connectivity index (χ4v) is 3.55. The second kappa shape index (κ2) is 8.34. The Kier molecular flexibility index (Phi) is 5.46. The van der Waals surface area contributed by atoms with Crippen molar-refractivity contribution in [1.82, 2.24) is 15.5 Å². The molecule has 0 radical (unpaired) electrons.